The molecule has 0 saturated heterocycles. The Morgan fingerprint density at radius 2 is 0.966 bits per heavy atom. The number of para-hydroxylation sites is 1. The Morgan fingerprint density at radius 3 is 1.66 bits per heavy atom. The fourth-order valence-corrected chi connectivity index (χ4v) is 13.3. The van der Waals surface area contributed by atoms with Crippen LogP contribution in [0.25, 0.3) is 22.3 Å². The van der Waals surface area contributed by atoms with E-state index >= 15 is 0 Å². The molecule has 7 aromatic carbocycles. The fraction of sp³-hybridized carbons (Fsp3) is 0.263. The molecule has 4 bridgehead atoms. The van der Waals surface area contributed by atoms with E-state index in [4.69, 9.17) is 0 Å². The molecule has 0 N–H and O–H groups in total. The van der Waals surface area contributed by atoms with Gasteiger partial charge in [0.05, 0.1) is 5.41 Å². The van der Waals surface area contributed by atoms with Crippen molar-refractivity contribution in [1.82, 2.24) is 0 Å². The van der Waals surface area contributed by atoms with Gasteiger partial charge in [-0.05, 0) is 179 Å². The van der Waals surface area contributed by atoms with Gasteiger partial charge in [0.2, 0.25) is 0 Å². The van der Waals surface area contributed by atoms with Gasteiger partial charge in [0.15, 0.2) is 0 Å². The molecule has 284 valence electrons. The molecule has 0 amide bonds. The van der Waals surface area contributed by atoms with E-state index in [1.807, 2.05) is 0 Å². The molecule has 13 rings (SSSR count). The lowest BCUT2D eigenvalue weighted by Gasteiger charge is -2.57. The summed E-state index contributed by atoms with van der Waals surface area (Å²) >= 11 is 0. The molecule has 0 radical (unpaired) electrons. The second-order valence-electron chi connectivity index (χ2n) is 18.5. The lowest BCUT2D eigenvalue weighted by Crippen LogP contribution is -2.48. The maximum absolute atomic E-state index is 2.63. The molecular formula is C57H51N. The number of fused-ring (bicyclic) bond motifs is 4. The zero-order chi connectivity index (χ0) is 38.3. The number of benzene rings is 7. The highest BCUT2D eigenvalue weighted by Crippen LogP contribution is 2.63. The van der Waals surface area contributed by atoms with Gasteiger partial charge in [-0.3, -0.25) is 0 Å². The van der Waals surface area contributed by atoms with Crippen molar-refractivity contribution in [3.8, 4) is 22.3 Å². The van der Waals surface area contributed by atoms with E-state index in [0.29, 0.717) is 0 Å². The van der Waals surface area contributed by atoms with Crippen LogP contribution in [0.3, 0.4) is 0 Å². The van der Waals surface area contributed by atoms with Gasteiger partial charge in [0.1, 0.15) is 0 Å². The largest absolute Gasteiger partial charge is 0.310 e. The van der Waals surface area contributed by atoms with E-state index in [2.05, 4.69) is 175 Å². The number of rotatable bonds is 7. The summed E-state index contributed by atoms with van der Waals surface area (Å²) in [5.74, 6) is 2.62. The van der Waals surface area contributed by atoms with Gasteiger partial charge in [-0.1, -0.05) is 140 Å². The first-order chi connectivity index (χ1) is 28.7. The molecule has 0 atom stereocenters. The second-order valence-corrected chi connectivity index (χ2v) is 18.5. The van der Waals surface area contributed by atoms with Crippen LogP contribution >= 0.6 is 0 Å². The van der Waals surface area contributed by atoms with E-state index in [9.17, 15) is 0 Å². The summed E-state index contributed by atoms with van der Waals surface area (Å²) in [6.07, 6.45) is 13.4. The highest BCUT2D eigenvalue weighted by Gasteiger charge is 2.53. The Balaban J connectivity index is 1.07. The average molecular weight is 750 g/mol. The summed E-state index contributed by atoms with van der Waals surface area (Å²) in [4.78, 5) is 2.63. The van der Waals surface area contributed by atoms with Crippen LogP contribution in [-0.2, 0) is 23.7 Å². The van der Waals surface area contributed by atoms with E-state index in [1.54, 1.807) is 16.7 Å². The van der Waals surface area contributed by atoms with Crippen LogP contribution in [0.2, 0.25) is 0 Å². The molecule has 1 heteroatoms. The van der Waals surface area contributed by atoms with Crippen LogP contribution in [-0.4, -0.2) is 0 Å². The van der Waals surface area contributed by atoms with Crippen molar-refractivity contribution in [1.29, 1.82) is 0 Å². The molecule has 58 heavy (non-hydrogen) atoms. The minimum Gasteiger partial charge on any atom is -0.310 e. The van der Waals surface area contributed by atoms with E-state index in [1.165, 1.54) is 126 Å². The predicted molar refractivity (Wildman–Crippen MR) is 240 cm³/mol. The zero-order valence-corrected chi connectivity index (χ0v) is 33.4. The lowest BCUT2D eigenvalue weighted by atomic mass is 9.48. The first kappa shape index (κ1) is 34.4. The quantitative estimate of drug-likeness (QED) is 0.157. The highest BCUT2D eigenvalue weighted by atomic mass is 15.1. The lowest BCUT2D eigenvalue weighted by molar-refractivity contribution is -0.00491. The van der Waals surface area contributed by atoms with Gasteiger partial charge in [0, 0.05) is 17.1 Å². The summed E-state index contributed by atoms with van der Waals surface area (Å²) < 4.78 is 0. The highest BCUT2D eigenvalue weighted by molar-refractivity contribution is 5.90. The van der Waals surface area contributed by atoms with Gasteiger partial charge in [-0.2, -0.15) is 0 Å². The van der Waals surface area contributed by atoms with Gasteiger partial charge in [0.25, 0.3) is 0 Å². The first-order valence-corrected chi connectivity index (χ1v) is 22.1. The molecular weight excluding hydrogens is 699 g/mol. The van der Waals surface area contributed by atoms with Crippen LogP contribution in [0.5, 0.6) is 0 Å². The topological polar surface area (TPSA) is 3.24 Å². The molecule has 4 saturated carbocycles. The third kappa shape index (κ3) is 5.28. The molecule has 4 fully saturated rings. The van der Waals surface area contributed by atoms with E-state index in [-0.39, 0.29) is 5.41 Å². The molecule has 0 aliphatic heterocycles. The maximum atomic E-state index is 2.63. The van der Waals surface area contributed by atoms with Gasteiger partial charge in [-0.25, -0.2) is 0 Å². The van der Waals surface area contributed by atoms with Crippen molar-refractivity contribution in [2.75, 3.05) is 4.90 Å². The Morgan fingerprint density at radius 1 is 0.414 bits per heavy atom. The van der Waals surface area contributed by atoms with E-state index in [0.717, 1.165) is 17.8 Å². The minimum absolute atomic E-state index is 0.247. The first-order valence-electron chi connectivity index (χ1n) is 22.1. The van der Waals surface area contributed by atoms with E-state index < -0.39 is 5.41 Å². The van der Waals surface area contributed by atoms with Crippen molar-refractivity contribution < 1.29 is 0 Å². The van der Waals surface area contributed by atoms with Crippen LogP contribution in [0, 0.1) is 17.8 Å². The SMILES string of the molecule is c1ccc(C2(c3ccccc3)c3ccccc3-c3ccc(N(c4ccc(-c5ccc6c(c5)CCCC6)cc4)c4ccccc4C45CC6CC(CC(C6)C4)C5)cc32)cc1. The van der Waals surface area contributed by atoms with Gasteiger partial charge < -0.3 is 4.90 Å². The molecule has 0 unspecified atom stereocenters. The van der Waals surface area contributed by atoms with Gasteiger partial charge >= 0.3 is 0 Å². The number of nitrogens with zero attached hydrogens (tertiary/aromatic N) is 1. The van der Waals surface area contributed by atoms with Crippen molar-refractivity contribution in [3.63, 3.8) is 0 Å². The summed E-state index contributed by atoms with van der Waals surface area (Å²) in [6.45, 7) is 0. The smallest absolute Gasteiger partial charge is 0.0714 e. The van der Waals surface area contributed by atoms with Crippen molar-refractivity contribution >= 4 is 17.1 Å². The monoisotopic (exact) mass is 749 g/mol. The number of anilines is 3. The fourth-order valence-electron chi connectivity index (χ4n) is 13.3. The van der Waals surface area contributed by atoms with Crippen LogP contribution in [0.4, 0.5) is 17.1 Å². The second kappa shape index (κ2) is 13.5. The van der Waals surface area contributed by atoms with Crippen LogP contribution in [0.1, 0.15) is 90.3 Å². The summed E-state index contributed by atoms with van der Waals surface area (Å²) in [5, 5.41) is 0. The summed E-state index contributed by atoms with van der Waals surface area (Å²) in [5.41, 5.74) is 18.8. The number of hydrogen-bond donors (Lipinski definition) is 0. The van der Waals surface area contributed by atoms with Gasteiger partial charge in [-0.15, -0.1) is 0 Å². The molecule has 6 aliphatic carbocycles. The Hall–Kier alpha value is -5.66. The molecule has 1 nitrogen and oxygen atoms in total. The van der Waals surface area contributed by atoms with Crippen LogP contribution in [0.15, 0.2) is 170 Å². The maximum Gasteiger partial charge on any atom is 0.0714 e. The minimum atomic E-state index is -0.453. The van der Waals surface area contributed by atoms with Crippen molar-refractivity contribution in [3.05, 3.63) is 209 Å². The third-order valence-corrected chi connectivity index (χ3v) is 15.3. The molecule has 0 heterocycles. The molecule has 0 aromatic heterocycles. The Bertz CT molecular complexity index is 2580. The molecule has 6 aliphatic rings. The summed E-state index contributed by atoms with van der Waals surface area (Å²) in [7, 11) is 0. The Labute approximate surface area is 344 Å². The predicted octanol–water partition coefficient (Wildman–Crippen LogP) is 14.5. The number of hydrogen-bond acceptors (Lipinski definition) is 1. The van der Waals surface area contributed by atoms with Crippen LogP contribution < -0.4 is 4.90 Å². The van der Waals surface area contributed by atoms with Crippen molar-refractivity contribution in [2.45, 2.75) is 75.0 Å². The zero-order valence-electron chi connectivity index (χ0n) is 33.4. The average Bonchev–Trinajstić information content (AvgIpc) is 3.57. The van der Waals surface area contributed by atoms with Crippen molar-refractivity contribution in [2.24, 2.45) is 17.8 Å². The Kier molecular flexibility index (Phi) is 7.98. The number of aryl methyl sites for hydroxylation is 2. The third-order valence-electron chi connectivity index (χ3n) is 15.3. The molecule has 0 spiro atoms. The summed E-state index contributed by atoms with van der Waals surface area (Å²) in [6, 6.07) is 65.4. The molecule has 7 aromatic rings. The normalized spacial score (nSPS) is 23.2. The standard InChI is InChI=1S/C57H51N/c1-3-15-46(16-4-1)57(47-17-5-2-6-18-47)52-20-10-9-19-50(52)51-30-29-49(35-54(51)57)58(48-27-25-43(26-28-48)45-24-23-42-13-7-8-14-44(42)34-45)55-22-12-11-21-53(55)56-36-39-31-40(37-56)33-41(32-39)38-56/h1-6,9-12,15-30,34-35,39-41H,7-8,13-14,31-33,36-38H2.